The smallest absolute Gasteiger partial charge is 0.253 e. The van der Waals surface area contributed by atoms with Gasteiger partial charge in [-0.3, -0.25) is 9.59 Å². The Kier molecular flexibility index (Phi) is 11.3. The molecule has 0 unspecified atom stereocenters. The maximum absolute atomic E-state index is 13.7. The van der Waals surface area contributed by atoms with Gasteiger partial charge in [-0.05, 0) is 54.2 Å². The summed E-state index contributed by atoms with van der Waals surface area (Å²) in [5.41, 5.74) is 3.47. The number of benzene rings is 3. The van der Waals surface area contributed by atoms with Crippen LogP contribution >= 0.6 is 0 Å². The fraction of sp³-hybridized carbons (Fsp3) is 0.364. The number of nitrogens with zero attached hydrogens (tertiary/aromatic N) is 2. The van der Waals surface area contributed by atoms with E-state index in [9.17, 15) is 14.7 Å². The van der Waals surface area contributed by atoms with Crippen molar-refractivity contribution in [2.45, 2.75) is 64.5 Å². The second-order valence-electron chi connectivity index (χ2n) is 9.99. The number of carbonyl (C=O) groups is 2. The Labute approximate surface area is 232 Å². The molecule has 204 valence electrons. The minimum Gasteiger partial charge on any atom is -0.391 e. The molecule has 0 bridgehead atoms. The first-order valence-electron chi connectivity index (χ1n) is 13.8. The van der Waals surface area contributed by atoms with Crippen molar-refractivity contribution in [1.82, 2.24) is 10.2 Å². The van der Waals surface area contributed by atoms with Crippen molar-refractivity contribution in [3.05, 3.63) is 101 Å². The van der Waals surface area contributed by atoms with Crippen LogP contribution in [0, 0.1) is 6.57 Å². The Morgan fingerprint density at radius 3 is 2.31 bits per heavy atom. The quantitative estimate of drug-likeness (QED) is 0.245. The number of rotatable bonds is 13. The van der Waals surface area contributed by atoms with Crippen molar-refractivity contribution in [3.63, 3.8) is 0 Å². The van der Waals surface area contributed by atoms with Crippen LogP contribution in [0.1, 0.15) is 72.2 Å². The fourth-order valence-corrected chi connectivity index (χ4v) is 4.59. The summed E-state index contributed by atoms with van der Waals surface area (Å²) in [4.78, 5) is 32.3. The first kappa shape index (κ1) is 29.6. The molecule has 0 heterocycles. The van der Waals surface area contributed by atoms with Crippen molar-refractivity contribution in [2.24, 2.45) is 0 Å². The highest BCUT2D eigenvalue weighted by molar-refractivity contribution is 6.02. The molecule has 2 N–H and O–H groups in total. The normalized spacial score (nSPS) is 12.3. The second kappa shape index (κ2) is 14.8. The van der Waals surface area contributed by atoms with Crippen LogP contribution in [0.5, 0.6) is 0 Å². The number of carbonyl (C=O) groups excluding carboxylic acids is 2. The third-order valence-corrected chi connectivity index (χ3v) is 6.90. The van der Waals surface area contributed by atoms with Crippen LogP contribution in [0.3, 0.4) is 0 Å². The summed E-state index contributed by atoms with van der Waals surface area (Å²) < 4.78 is 0. The van der Waals surface area contributed by atoms with E-state index >= 15 is 0 Å². The number of aliphatic hydroxyl groups excluding tert-OH is 1. The molecular formula is C33H39N3O3. The number of nitrogens with one attached hydrogen (secondary N) is 1. The fourth-order valence-electron chi connectivity index (χ4n) is 4.59. The highest BCUT2D eigenvalue weighted by Crippen LogP contribution is 2.32. The van der Waals surface area contributed by atoms with E-state index in [4.69, 9.17) is 6.57 Å². The number of hydrogen-bond donors (Lipinski definition) is 2. The summed E-state index contributed by atoms with van der Waals surface area (Å²) in [6.45, 7) is 12.4. The monoisotopic (exact) mass is 525 g/mol. The molecule has 39 heavy (non-hydrogen) atoms. The highest BCUT2D eigenvalue weighted by Gasteiger charge is 2.24. The third kappa shape index (κ3) is 8.27. The lowest BCUT2D eigenvalue weighted by molar-refractivity contribution is 0.0793. The molecule has 0 aromatic heterocycles. The molecule has 3 aromatic carbocycles. The molecule has 2 atom stereocenters. The van der Waals surface area contributed by atoms with Crippen molar-refractivity contribution < 1.29 is 14.7 Å². The van der Waals surface area contributed by atoms with Gasteiger partial charge in [0.25, 0.3) is 11.8 Å². The maximum Gasteiger partial charge on any atom is 0.253 e. The lowest BCUT2D eigenvalue weighted by Crippen LogP contribution is -2.45. The molecule has 0 spiro atoms. The minimum absolute atomic E-state index is 0.177. The molecule has 0 fully saturated rings. The molecule has 0 saturated carbocycles. The van der Waals surface area contributed by atoms with Gasteiger partial charge in [0.2, 0.25) is 0 Å². The van der Waals surface area contributed by atoms with E-state index in [0.717, 1.165) is 31.2 Å². The summed E-state index contributed by atoms with van der Waals surface area (Å²) in [6, 6.07) is 21.6. The van der Waals surface area contributed by atoms with Crippen molar-refractivity contribution in [1.29, 1.82) is 0 Å². The lowest BCUT2D eigenvalue weighted by Gasteiger charge is -2.25. The standard InChI is InChI=1S/C33H39N3O3/c1-5-7-18-31(37)30(20-24-14-10-9-11-15-24)35-32(38)26-21-25(28-16-12-13-17-29(28)34-3)22-27(23-26)33(39)36(4)19-8-6-2/h9-17,21-23,30-31,37H,5-8,18-20H2,1-2,4H3,(H,35,38)/t30-,31+/m0/s1. The van der Waals surface area contributed by atoms with Crippen molar-refractivity contribution in [3.8, 4) is 11.1 Å². The van der Waals surface area contributed by atoms with Crippen LogP contribution in [0.25, 0.3) is 16.0 Å². The van der Waals surface area contributed by atoms with E-state index in [2.05, 4.69) is 24.0 Å². The summed E-state index contributed by atoms with van der Waals surface area (Å²) in [7, 11) is 1.76. The predicted molar refractivity (Wildman–Crippen MR) is 157 cm³/mol. The SMILES string of the molecule is [C-]#[N+]c1ccccc1-c1cc(C(=O)N[C@@H](Cc2ccccc2)[C@H](O)CCCC)cc(C(=O)N(C)CCCC)c1. The van der Waals surface area contributed by atoms with Gasteiger partial charge in [0.1, 0.15) is 0 Å². The van der Waals surface area contributed by atoms with Crippen LogP contribution < -0.4 is 5.32 Å². The summed E-state index contributed by atoms with van der Waals surface area (Å²) >= 11 is 0. The van der Waals surface area contributed by atoms with Crippen LogP contribution in [-0.2, 0) is 6.42 Å². The van der Waals surface area contributed by atoms with E-state index < -0.39 is 12.1 Å². The van der Waals surface area contributed by atoms with E-state index in [0.29, 0.717) is 47.3 Å². The maximum atomic E-state index is 13.7. The Morgan fingerprint density at radius 2 is 1.62 bits per heavy atom. The van der Waals surface area contributed by atoms with Gasteiger partial charge >= 0.3 is 0 Å². The molecule has 0 radical (unpaired) electrons. The van der Waals surface area contributed by atoms with E-state index in [1.165, 1.54) is 0 Å². The molecule has 0 aliphatic heterocycles. The number of unbranched alkanes of at least 4 members (excludes halogenated alkanes) is 2. The van der Waals surface area contributed by atoms with Crippen molar-refractivity contribution >= 4 is 17.5 Å². The summed E-state index contributed by atoms with van der Waals surface area (Å²) in [6.07, 6.45) is 4.01. The number of para-hydroxylation sites is 1. The van der Waals surface area contributed by atoms with Crippen LogP contribution in [0.2, 0.25) is 0 Å². The van der Waals surface area contributed by atoms with Gasteiger partial charge in [0.15, 0.2) is 5.69 Å². The van der Waals surface area contributed by atoms with E-state index in [1.807, 2.05) is 42.5 Å². The first-order valence-corrected chi connectivity index (χ1v) is 13.8. The molecule has 0 aliphatic rings. The molecular weight excluding hydrogens is 486 g/mol. The minimum atomic E-state index is -0.707. The molecule has 6 nitrogen and oxygen atoms in total. The molecule has 3 rings (SSSR count). The Bertz CT molecular complexity index is 1280. The van der Waals surface area contributed by atoms with Gasteiger partial charge in [0.05, 0.1) is 18.7 Å². The molecule has 3 aromatic rings. The first-order chi connectivity index (χ1) is 18.9. The van der Waals surface area contributed by atoms with E-state index in [1.54, 1.807) is 42.3 Å². The second-order valence-corrected chi connectivity index (χ2v) is 9.99. The van der Waals surface area contributed by atoms with Gasteiger partial charge in [0, 0.05) is 24.7 Å². The zero-order chi connectivity index (χ0) is 28.2. The average Bonchev–Trinajstić information content (AvgIpc) is 2.97. The number of hydrogen-bond acceptors (Lipinski definition) is 3. The van der Waals surface area contributed by atoms with Crippen LogP contribution in [-0.4, -0.2) is 47.6 Å². The third-order valence-electron chi connectivity index (χ3n) is 6.90. The topological polar surface area (TPSA) is 74.0 Å². The molecule has 0 aliphatic carbocycles. The predicted octanol–water partition coefficient (Wildman–Crippen LogP) is 6.67. The summed E-state index contributed by atoms with van der Waals surface area (Å²) in [5, 5.41) is 14.0. The Balaban J connectivity index is 2.00. The van der Waals surface area contributed by atoms with Gasteiger partial charge in [-0.15, -0.1) is 0 Å². The molecule has 0 saturated heterocycles. The zero-order valence-electron chi connectivity index (χ0n) is 23.2. The van der Waals surface area contributed by atoms with Gasteiger partial charge in [-0.1, -0.05) is 87.7 Å². The van der Waals surface area contributed by atoms with E-state index in [-0.39, 0.29) is 11.8 Å². The van der Waals surface area contributed by atoms with Crippen LogP contribution in [0.4, 0.5) is 5.69 Å². The zero-order valence-corrected chi connectivity index (χ0v) is 23.2. The highest BCUT2D eigenvalue weighted by atomic mass is 16.3. The lowest BCUT2D eigenvalue weighted by atomic mass is 9.95. The average molecular weight is 526 g/mol. The number of amides is 2. The van der Waals surface area contributed by atoms with Crippen LogP contribution in [0.15, 0.2) is 72.8 Å². The molecule has 6 heteroatoms. The van der Waals surface area contributed by atoms with Gasteiger partial charge in [-0.2, -0.15) is 0 Å². The van der Waals surface area contributed by atoms with Crippen molar-refractivity contribution in [2.75, 3.05) is 13.6 Å². The van der Waals surface area contributed by atoms with Gasteiger partial charge < -0.3 is 15.3 Å². The Hall–Kier alpha value is -3.95. The summed E-state index contributed by atoms with van der Waals surface area (Å²) in [5.74, 6) is -0.539. The van der Waals surface area contributed by atoms with Gasteiger partial charge in [-0.25, -0.2) is 4.85 Å². The Morgan fingerprint density at radius 1 is 0.949 bits per heavy atom. The number of aliphatic hydroxyl groups is 1. The molecule has 2 amide bonds. The largest absolute Gasteiger partial charge is 0.391 e.